The van der Waals surface area contributed by atoms with Crippen molar-refractivity contribution in [3.8, 4) is 0 Å². The van der Waals surface area contributed by atoms with Crippen molar-refractivity contribution in [2.24, 2.45) is 0 Å². The maximum atomic E-state index is 12.1. The normalized spacial score (nSPS) is 15.3. The second kappa shape index (κ2) is 7.17. The van der Waals surface area contributed by atoms with E-state index in [0.29, 0.717) is 13.0 Å². The Morgan fingerprint density at radius 2 is 2.00 bits per heavy atom. The van der Waals surface area contributed by atoms with E-state index in [4.69, 9.17) is 0 Å². The number of sulfonamides is 1. The summed E-state index contributed by atoms with van der Waals surface area (Å²) in [7, 11) is -0.382. The first-order chi connectivity index (χ1) is 9.28. The highest BCUT2D eigenvalue weighted by molar-refractivity contribution is 7.89. The number of hydrogen-bond donors (Lipinski definition) is 2. The summed E-state index contributed by atoms with van der Waals surface area (Å²) in [4.78, 5) is 0.282. The fourth-order valence-electron chi connectivity index (χ4n) is 1.73. The maximum Gasteiger partial charge on any atom is 0.242 e. The molecule has 1 rings (SSSR count). The number of nitrogens with one attached hydrogen (secondary N) is 1. The molecule has 0 bridgehead atoms. The molecule has 0 radical (unpaired) electrons. The van der Waals surface area contributed by atoms with E-state index in [-0.39, 0.29) is 17.0 Å². The zero-order valence-electron chi connectivity index (χ0n) is 12.5. The lowest BCUT2D eigenvalue weighted by Gasteiger charge is -2.18. The highest BCUT2D eigenvalue weighted by Gasteiger charge is 2.18. The van der Waals surface area contributed by atoms with Gasteiger partial charge in [0, 0.05) is 26.7 Å². The molecule has 114 valence electrons. The van der Waals surface area contributed by atoms with E-state index in [9.17, 15) is 13.5 Å². The standard InChI is InChI=1S/C14H24N2O3S/c1-5-13(17)10-15-11(2)12-7-6-8-14(9-12)20(18,19)16(3)4/h6-9,11,13,15,17H,5,10H2,1-4H3/t11-,13+/m1/s1. The van der Waals surface area contributed by atoms with Crippen molar-refractivity contribution in [2.45, 2.75) is 37.3 Å². The largest absolute Gasteiger partial charge is 0.392 e. The Bertz CT molecular complexity index is 529. The molecule has 0 aromatic heterocycles. The molecule has 0 aliphatic rings. The highest BCUT2D eigenvalue weighted by atomic mass is 32.2. The molecule has 20 heavy (non-hydrogen) atoms. The van der Waals surface area contributed by atoms with Crippen molar-refractivity contribution in [2.75, 3.05) is 20.6 Å². The molecule has 0 unspecified atom stereocenters. The summed E-state index contributed by atoms with van der Waals surface area (Å²) in [5.74, 6) is 0. The molecule has 0 aliphatic heterocycles. The van der Waals surface area contributed by atoms with Gasteiger partial charge in [-0.3, -0.25) is 0 Å². The van der Waals surface area contributed by atoms with Gasteiger partial charge in [0.05, 0.1) is 11.0 Å². The fourth-order valence-corrected chi connectivity index (χ4v) is 2.69. The van der Waals surface area contributed by atoms with E-state index >= 15 is 0 Å². The minimum Gasteiger partial charge on any atom is -0.392 e. The predicted molar refractivity (Wildman–Crippen MR) is 80.0 cm³/mol. The highest BCUT2D eigenvalue weighted by Crippen LogP contribution is 2.19. The Hall–Kier alpha value is -0.950. The van der Waals surface area contributed by atoms with E-state index in [2.05, 4.69) is 5.32 Å². The molecule has 2 atom stereocenters. The number of hydrogen-bond acceptors (Lipinski definition) is 4. The number of aliphatic hydroxyl groups excluding tert-OH is 1. The molecule has 2 N–H and O–H groups in total. The quantitative estimate of drug-likeness (QED) is 0.798. The predicted octanol–water partition coefficient (Wildman–Crippen LogP) is 1.36. The van der Waals surface area contributed by atoms with Crippen molar-refractivity contribution in [1.82, 2.24) is 9.62 Å². The molecule has 0 fully saturated rings. The lowest BCUT2D eigenvalue weighted by molar-refractivity contribution is 0.163. The number of nitrogens with zero attached hydrogens (tertiary/aromatic N) is 1. The number of aliphatic hydroxyl groups is 1. The van der Waals surface area contributed by atoms with Gasteiger partial charge in [0.25, 0.3) is 0 Å². The van der Waals surface area contributed by atoms with Crippen LogP contribution in [-0.2, 0) is 10.0 Å². The van der Waals surface area contributed by atoms with Crippen molar-refractivity contribution < 1.29 is 13.5 Å². The summed E-state index contributed by atoms with van der Waals surface area (Å²) in [5, 5.41) is 12.7. The van der Waals surface area contributed by atoms with E-state index in [1.807, 2.05) is 19.9 Å². The summed E-state index contributed by atoms with van der Waals surface area (Å²) in [6, 6.07) is 6.86. The minimum atomic E-state index is -3.41. The van der Waals surface area contributed by atoms with E-state index in [1.54, 1.807) is 18.2 Å². The van der Waals surface area contributed by atoms with Gasteiger partial charge in [-0.1, -0.05) is 19.1 Å². The first-order valence-corrected chi connectivity index (χ1v) is 8.17. The van der Waals surface area contributed by atoms with Gasteiger partial charge in [-0.25, -0.2) is 12.7 Å². The molecule has 0 amide bonds. The summed E-state index contributed by atoms with van der Waals surface area (Å²) in [5.41, 5.74) is 0.885. The zero-order valence-corrected chi connectivity index (χ0v) is 13.3. The average molecular weight is 300 g/mol. The first kappa shape index (κ1) is 17.1. The maximum absolute atomic E-state index is 12.1. The average Bonchev–Trinajstić information content (AvgIpc) is 2.44. The van der Waals surface area contributed by atoms with Crippen LogP contribution in [0.2, 0.25) is 0 Å². The summed E-state index contributed by atoms with van der Waals surface area (Å²) < 4.78 is 25.4. The van der Waals surface area contributed by atoms with Gasteiger partial charge in [0.1, 0.15) is 0 Å². The molecular weight excluding hydrogens is 276 g/mol. The zero-order chi connectivity index (χ0) is 15.3. The van der Waals surface area contributed by atoms with Crippen LogP contribution in [0.15, 0.2) is 29.2 Å². The van der Waals surface area contributed by atoms with Crippen molar-refractivity contribution in [3.05, 3.63) is 29.8 Å². The molecular formula is C14H24N2O3S. The van der Waals surface area contributed by atoms with Crippen LogP contribution in [-0.4, -0.2) is 44.6 Å². The van der Waals surface area contributed by atoms with E-state index in [1.165, 1.54) is 18.4 Å². The minimum absolute atomic E-state index is 0.0199. The van der Waals surface area contributed by atoms with Gasteiger partial charge in [-0.15, -0.1) is 0 Å². The Labute approximate surface area is 121 Å². The third kappa shape index (κ3) is 4.28. The smallest absolute Gasteiger partial charge is 0.242 e. The van der Waals surface area contributed by atoms with Gasteiger partial charge in [0.2, 0.25) is 10.0 Å². The van der Waals surface area contributed by atoms with Crippen LogP contribution >= 0.6 is 0 Å². The topological polar surface area (TPSA) is 69.6 Å². The van der Waals surface area contributed by atoms with Crippen LogP contribution in [0.1, 0.15) is 31.9 Å². The van der Waals surface area contributed by atoms with E-state index < -0.39 is 10.0 Å². The summed E-state index contributed by atoms with van der Waals surface area (Å²) in [6.45, 7) is 4.35. The molecule has 0 saturated carbocycles. The Balaban J connectivity index is 2.88. The molecule has 0 heterocycles. The lowest BCUT2D eigenvalue weighted by atomic mass is 10.1. The van der Waals surface area contributed by atoms with Crippen LogP contribution in [0.4, 0.5) is 0 Å². The van der Waals surface area contributed by atoms with Crippen LogP contribution < -0.4 is 5.32 Å². The monoisotopic (exact) mass is 300 g/mol. The third-order valence-corrected chi connectivity index (χ3v) is 5.08. The van der Waals surface area contributed by atoms with Gasteiger partial charge in [0.15, 0.2) is 0 Å². The second-order valence-electron chi connectivity index (χ2n) is 5.05. The van der Waals surface area contributed by atoms with Crippen LogP contribution in [0.5, 0.6) is 0 Å². The summed E-state index contributed by atoms with van der Waals surface area (Å²) in [6.07, 6.45) is 0.306. The summed E-state index contributed by atoms with van der Waals surface area (Å²) >= 11 is 0. The number of benzene rings is 1. The Kier molecular flexibility index (Phi) is 6.13. The van der Waals surface area contributed by atoms with Crippen molar-refractivity contribution in [3.63, 3.8) is 0 Å². The molecule has 1 aromatic carbocycles. The van der Waals surface area contributed by atoms with Gasteiger partial charge in [-0.05, 0) is 31.0 Å². The number of rotatable bonds is 7. The molecule has 0 saturated heterocycles. The lowest BCUT2D eigenvalue weighted by Crippen LogP contribution is -2.29. The van der Waals surface area contributed by atoms with Crippen LogP contribution in [0.3, 0.4) is 0 Å². The van der Waals surface area contributed by atoms with Gasteiger partial charge >= 0.3 is 0 Å². The molecule has 6 heteroatoms. The second-order valence-corrected chi connectivity index (χ2v) is 7.20. The van der Waals surface area contributed by atoms with Crippen LogP contribution in [0, 0.1) is 0 Å². The molecule has 1 aromatic rings. The third-order valence-electron chi connectivity index (χ3n) is 3.27. The molecule has 5 nitrogen and oxygen atoms in total. The Morgan fingerprint density at radius 1 is 1.35 bits per heavy atom. The van der Waals surface area contributed by atoms with Crippen LogP contribution in [0.25, 0.3) is 0 Å². The first-order valence-electron chi connectivity index (χ1n) is 6.73. The molecule has 0 aliphatic carbocycles. The SMILES string of the molecule is CC[C@H](O)CN[C@H](C)c1cccc(S(=O)(=O)N(C)C)c1. The van der Waals surface area contributed by atoms with Gasteiger partial charge < -0.3 is 10.4 Å². The van der Waals surface area contributed by atoms with Crippen molar-refractivity contribution >= 4 is 10.0 Å². The van der Waals surface area contributed by atoms with Crippen molar-refractivity contribution in [1.29, 1.82) is 0 Å². The fraction of sp³-hybridized carbons (Fsp3) is 0.571. The Morgan fingerprint density at radius 3 is 2.55 bits per heavy atom. The van der Waals surface area contributed by atoms with Gasteiger partial charge in [-0.2, -0.15) is 0 Å². The van der Waals surface area contributed by atoms with E-state index in [0.717, 1.165) is 5.56 Å². The molecule has 0 spiro atoms.